The summed E-state index contributed by atoms with van der Waals surface area (Å²) >= 11 is 2.74. The third-order valence-corrected chi connectivity index (χ3v) is 4.92. The molecule has 1 aliphatic rings. The minimum atomic E-state index is -0.131. The van der Waals surface area contributed by atoms with Crippen LogP contribution in [0.1, 0.15) is 24.6 Å². The van der Waals surface area contributed by atoms with Gasteiger partial charge >= 0.3 is 10.6 Å². The standard InChI is InChI=1S/C11H14N4O2S2/c1-7-6-19-11(17)14(7)4-5-18-10-13-12-9(16)15(10)8-2-3-8/h6,8H,2-5H2,1H3,(H,12,16). The molecule has 0 radical (unpaired) electrons. The van der Waals surface area contributed by atoms with Crippen molar-refractivity contribution in [2.24, 2.45) is 0 Å². The molecule has 2 aromatic rings. The van der Waals surface area contributed by atoms with Gasteiger partial charge in [0.15, 0.2) is 5.16 Å². The van der Waals surface area contributed by atoms with Gasteiger partial charge in [-0.1, -0.05) is 23.1 Å². The van der Waals surface area contributed by atoms with Gasteiger partial charge in [-0.15, -0.1) is 5.10 Å². The third-order valence-electron chi connectivity index (χ3n) is 3.11. The Hall–Kier alpha value is -1.28. The van der Waals surface area contributed by atoms with E-state index in [0.29, 0.717) is 12.6 Å². The van der Waals surface area contributed by atoms with Crippen LogP contribution in [0.5, 0.6) is 0 Å². The zero-order valence-electron chi connectivity index (χ0n) is 10.5. The summed E-state index contributed by atoms with van der Waals surface area (Å²) in [6.45, 7) is 2.57. The summed E-state index contributed by atoms with van der Waals surface area (Å²) in [5, 5.41) is 9.13. The molecule has 1 fully saturated rings. The van der Waals surface area contributed by atoms with Crippen LogP contribution in [-0.2, 0) is 6.54 Å². The Labute approximate surface area is 117 Å². The topological polar surface area (TPSA) is 72.7 Å². The van der Waals surface area contributed by atoms with Crippen LogP contribution in [-0.4, -0.2) is 25.1 Å². The molecule has 1 saturated carbocycles. The van der Waals surface area contributed by atoms with Crippen molar-refractivity contribution in [3.8, 4) is 0 Å². The highest BCUT2D eigenvalue weighted by atomic mass is 32.2. The summed E-state index contributed by atoms with van der Waals surface area (Å²) in [7, 11) is 0. The second kappa shape index (κ2) is 5.01. The van der Waals surface area contributed by atoms with Crippen LogP contribution in [0, 0.1) is 6.92 Å². The van der Waals surface area contributed by atoms with E-state index in [0.717, 1.165) is 29.4 Å². The maximum atomic E-state index is 11.6. The summed E-state index contributed by atoms with van der Waals surface area (Å²) in [5.74, 6) is 0.731. The lowest BCUT2D eigenvalue weighted by Crippen LogP contribution is -2.17. The fourth-order valence-corrected chi connectivity index (χ4v) is 3.65. The van der Waals surface area contributed by atoms with Crippen molar-refractivity contribution >= 4 is 23.1 Å². The fraction of sp³-hybridized carbons (Fsp3) is 0.545. The molecule has 0 aromatic carbocycles. The Morgan fingerprint density at radius 3 is 2.95 bits per heavy atom. The first-order valence-corrected chi connectivity index (χ1v) is 7.98. The van der Waals surface area contributed by atoms with E-state index in [1.807, 2.05) is 12.3 Å². The van der Waals surface area contributed by atoms with E-state index in [1.165, 1.54) is 23.1 Å². The molecule has 0 aliphatic heterocycles. The van der Waals surface area contributed by atoms with Gasteiger partial charge in [-0.3, -0.25) is 9.36 Å². The average molecular weight is 298 g/mol. The molecule has 0 spiro atoms. The fourth-order valence-electron chi connectivity index (χ4n) is 1.95. The van der Waals surface area contributed by atoms with Crippen molar-refractivity contribution in [2.75, 3.05) is 5.75 Å². The molecule has 8 heteroatoms. The van der Waals surface area contributed by atoms with E-state index < -0.39 is 0 Å². The second-order valence-corrected chi connectivity index (χ2v) is 6.44. The average Bonchev–Trinajstić information content (AvgIpc) is 3.09. The Bertz CT molecular complexity index is 692. The first-order chi connectivity index (χ1) is 9.16. The molecule has 1 aliphatic carbocycles. The third kappa shape index (κ3) is 2.55. The maximum absolute atomic E-state index is 11.6. The van der Waals surface area contributed by atoms with Gasteiger partial charge in [0.2, 0.25) is 0 Å². The van der Waals surface area contributed by atoms with Gasteiger partial charge in [-0.05, 0) is 19.8 Å². The van der Waals surface area contributed by atoms with E-state index in [4.69, 9.17) is 0 Å². The number of aromatic amines is 1. The summed E-state index contributed by atoms with van der Waals surface area (Å²) < 4.78 is 3.48. The lowest BCUT2D eigenvalue weighted by Gasteiger charge is -2.05. The minimum absolute atomic E-state index is 0.0692. The first kappa shape index (κ1) is 12.7. The van der Waals surface area contributed by atoms with Crippen LogP contribution in [0.15, 0.2) is 20.1 Å². The van der Waals surface area contributed by atoms with E-state index in [-0.39, 0.29) is 10.6 Å². The van der Waals surface area contributed by atoms with Crippen LogP contribution in [0.3, 0.4) is 0 Å². The number of hydrogen-bond donors (Lipinski definition) is 1. The molecule has 0 saturated heterocycles. The largest absolute Gasteiger partial charge is 0.344 e. The predicted octanol–water partition coefficient (Wildman–Crippen LogP) is 1.23. The van der Waals surface area contributed by atoms with Crippen LogP contribution >= 0.6 is 23.1 Å². The number of rotatable bonds is 5. The highest BCUT2D eigenvalue weighted by molar-refractivity contribution is 7.99. The van der Waals surface area contributed by atoms with Crippen molar-refractivity contribution in [3.05, 3.63) is 31.2 Å². The minimum Gasteiger partial charge on any atom is -0.303 e. The zero-order chi connectivity index (χ0) is 13.4. The summed E-state index contributed by atoms with van der Waals surface area (Å²) in [6, 6.07) is 0.319. The van der Waals surface area contributed by atoms with Gasteiger partial charge in [0.1, 0.15) is 0 Å². The SMILES string of the molecule is Cc1csc(=O)n1CCSc1n[nH]c(=O)n1C1CC1. The van der Waals surface area contributed by atoms with E-state index >= 15 is 0 Å². The molecule has 3 rings (SSSR count). The van der Waals surface area contributed by atoms with Crippen molar-refractivity contribution in [3.63, 3.8) is 0 Å². The van der Waals surface area contributed by atoms with Crippen molar-refractivity contribution in [1.82, 2.24) is 19.3 Å². The monoisotopic (exact) mass is 298 g/mol. The quantitative estimate of drug-likeness (QED) is 0.843. The van der Waals surface area contributed by atoms with Gasteiger partial charge in [0, 0.05) is 29.4 Å². The molecular formula is C11H14N4O2S2. The Kier molecular flexibility index (Phi) is 3.36. The molecule has 6 nitrogen and oxygen atoms in total. The number of aryl methyl sites for hydroxylation is 1. The lowest BCUT2D eigenvalue weighted by molar-refractivity contribution is 0.641. The van der Waals surface area contributed by atoms with Gasteiger partial charge in [0.25, 0.3) is 0 Å². The van der Waals surface area contributed by atoms with Crippen molar-refractivity contribution < 1.29 is 0 Å². The Balaban J connectivity index is 1.67. The number of nitrogens with zero attached hydrogens (tertiary/aromatic N) is 3. The molecule has 102 valence electrons. The molecular weight excluding hydrogens is 284 g/mol. The first-order valence-electron chi connectivity index (χ1n) is 6.11. The Morgan fingerprint density at radius 1 is 1.53 bits per heavy atom. The normalized spacial score (nSPS) is 15.0. The van der Waals surface area contributed by atoms with Crippen LogP contribution in [0.4, 0.5) is 0 Å². The van der Waals surface area contributed by atoms with E-state index in [1.54, 1.807) is 9.13 Å². The van der Waals surface area contributed by atoms with Crippen molar-refractivity contribution in [1.29, 1.82) is 0 Å². The smallest absolute Gasteiger partial charge is 0.303 e. The highest BCUT2D eigenvalue weighted by Gasteiger charge is 2.28. The molecule has 2 heterocycles. The number of H-pyrrole nitrogens is 1. The maximum Gasteiger partial charge on any atom is 0.344 e. The lowest BCUT2D eigenvalue weighted by atomic mass is 10.5. The van der Waals surface area contributed by atoms with Crippen LogP contribution in [0.2, 0.25) is 0 Å². The predicted molar refractivity (Wildman–Crippen MR) is 75.2 cm³/mol. The number of thioether (sulfide) groups is 1. The summed E-state index contributed by atoms with van der Waals surface area (Å²) in [6.07, 6.45) is 2.10. The van der Waals surface area contributed by atoms with Gasteiger partial charge in [-0.2, -0.15) is 0 Å². The van der Waals surface area contributed by atoms with E-state index in [9.17, 15) is 9.59 Å². The summed E-state index contributed by atoms with van der Waals surface area (Å²) in [4.78, 5) is 23.2. The second-order valence-electron chi connectivity index (χ2n) is 4.56. The van der Waals surface area contributed by atoms with Gasteiger partial charge in [0.05, 0.1) is 0 Å². The van der Waals surface area contributed by atoms with Crippen LogP contribution in [0.25, 0.3) is 0 Å². The highest BCUT2D eigenvalue weighted by Crippen LogP contribution is 2.35. The number of thiazole rings is 1. The molecule has 0 atom stereocenters. The van der Waals surface area contributed by atoms with Gasteiger partial charge < -0.3 is 4.57 Å². The molecule has 0 amide bonds. The Morgan fingerprint density at radius 2 is 2.32 bits per heavy atom. The summed E-state index contributed by atoms with van der Waals surface area (Å²) in [5.41, 5.74) is 0.853. The number of aromatic nitrogens is 4. The molecule has 0 bridgehead atoms. The van der Waals surface area contributed by atoms with Gasteiger partial charge in [-0.25, -0.2) is 9.89 Å². The molecule has 2 aromatic heterocycles. The number of nitrogens with one attached hydrogen (secondary N) is 1. The van der Waals surface area contributed by atoms with Crippen molar-refractivity contribution in [2.45, 2.75) is 37.5 Å². The number of hydrogen-bond acceptors (Lipinski definition) is 5. The van der Waals surface area contributed by atoms with Crippen LogP contribution < -0.4 is 10.6 Å². The van der Waals surface area contributed by atoms with E-state index in [2.05, 4.69) is 10.2 Å². The molecule has 0 unspecified atom stereocenters. The molecule has 19 heavy (non-hydrogen) atoms. The zero-order valence-corrected chi connectivity index (χ0v) is 12.1. The molecule has 1 N–H and O–H groups in total.